The van der Waals surface area contributed by atoms with Crippen LogP contribution >= 0.6 is 23.2 Å². The van der Waals surface area contributed by atoms with Crippen LogP contribution in [0.4, 0.5) is 0 Å². The molecule has 5 nitrogen and oxygen atoms in total. The second-order valence-corrected chi connectivity index (χ2v) is 8.65. The number of hydrogen-bond donors (Lipinski definition) is 1. The van der Waals surface area contributed by atoms with Crippen LogP contribution in [-0.2, 0) is 21.3 Å². The maximum Gasteiger partial charge on any atom is 0.215 e. The third kappa shape index (κ3) is 5.31. The maximum absolute atomic E-state index is 12.4. The van der Waals surface area contributed by atoms with E-state index in [1.165, 1.54) is 4.31 Å². The zero-order chi connectivity index (χ0) is 17.0. The topological polar surface area (TPSA) is 58.6 Å². The number of halogens is 2. The molecule has 1 aromatic carbocycles. The van der Waals surface area contributed by atoms with E-state index in [1.807, 2.05) is 26.0 Å². The van der Waals surface area contributed by atoms with Gasteiger partial charge in [0.15, 0.2) is 0 Å². The minimum absolute atomic E-state index is 0.0463. The van der Waals surface area contributed by atoms with Crippen molar-refractivity contribution in [2.45, 2.75) is 32.6 Å². The Morgan fingerprint density at radius 3 is 2.57 bits per heavy atom. The van der Waals surface area contributed by atoms with Gasteiger partial charge in [0, 0.05) is 26.2 Å². The predicted molar refractivity (Wildman–Crippen MR) is 93.5 cm³/mol. The molecule has 1 fully saturated rings. The molecule has 1 aromatic rings. The Labute approximate surface area is 148 Å². The summed E-state index contributed by atoms with van der Waals surface area (Å²) in [7, 11) is -3.29. The van der Waals surface area contributed by atoms with E-state index in [2.05, 4.69) is 5.32 Å². The molecule has 1 aliphatic heterocycles. The van der Waals surface area contributed by atoms with Gasteiger partial charge in [0.05, 0.1) is 28.0 Å². The monoisotopic (exact) mass is 380 g/mol. The first-order valence-corrected chi connectivity index (χ1v) is 9.93. The number of nitrogens with one attached hydrogen (secondary N) is 1. The SMILES string of the molecule is CC1CN(S(=O)(=O)CCNCc2cccc(Cl)c2Cl)CC(C)O1. The first kappa shape index (κ1) is 19.0. The number of rotatable bonds is 6. The summed E-state index contributed by atoms with van der Waals surface area (Å²) in [5, 5.41) is 4.10. The highest BCUT2D eigenvalue weighted by Crippen LogP contribution is 2.25. The Bertz CT molecular complexity index is 630. The van der Waals surface area contributed by atoms with Gasteiger partial charge in [-0.1, -0.05) is 35.3 Å². The minimum atomic E-state index is -3.29. The molecule has 1 N–H and O–H groups in total. The van der Waals surface area contributed by atoms with E-state index in [0.29, 0.717) is 36.2 Å². The van der Waals surface area contributed by atoms with Crippen molar-refractivity contribution in [2.24, 2.45) is 0 Å². The highest BCUT2D eigenvalue weighted by molar-refractivity contribution is 7.89. The average Bonchev–Trinajstić information content (AvgIpc) is 2.47. The van der Waals surface area contributed by atoms with Gasteiger partial charge in [-0.15, -0.1) is 0 Å². The summed E-state index contributed by atoms with van der Waals surface area (Å²) in [6.45, 7) is 5.42. The molecule has 1 aliphatic rings. The third-order valence-corrected chi connectivity index (χ3v) is 6.33. The maximum atomic E-state index is 12.4. The predicted octanol–water partition coefficient (Wildman–Crippen LogP) is 2.52. The van der Waals surface area contributed by atoms with Crippen molar-refractivity contribution in [3.8, 4) is 0 Å². The van der Waals surface area contributed by atoms with Crippen molar-refractivity contribution in [3.05, 3.63) is 33.8 Å². The summed E-state index contributed by atoms with van der Waals surface area (Å²) in [6.07, 6.45) is -0.154. The standard InChI is InChI=1S/C15H22Cl2N2O3S/c1-11-9-19(10-12(2)22-11)23(20,21)7-6-18-8-13-4-3-5-14(16)15(13)17/h3-5,11-12,18H,6-10H2,1-2H3. The molecule has 0 amide bonds. The number of morpholine rings is 1. The van der Waals surface area contributed by atoms with Crippen LogP contribution in [0.1, 0.15) is 19.4 Å². The summed E-state index contributed by atoms with van der Waals surface area (Å²) < 4.78 is 31.9. The van der Waals surface area contributed by atoms with E-state index in [1.54, 1.807) is 6.07 Å². The number of sulfonamides is 1. The number of nitrogens with zero attached hydrogens (tertiary/aromatic N) is 1. The van der Waals surface area contributed by atoms with E-state index in [0.717, 1.165) is 5.56 Å². The van der Waals surface area contributed by atoms with Gasteiger partial charge in [-0.05, 0) is 25.5 Å². The zero-order valence-electron chi connectivity index (χ0n) is 13.3. The van der Waals surface area contributed by atoms with E-state index in [4.69, 9.17) is 27.9 Å². The molecule has 0 aliphatic carbocycles. The minimum Gasteiger partial charge on any atom is -0.373 e. The molecule has 0 radical (unpaired) electrons. The van der Waals surface area contributed by atoms with Crippen LogP contribution in [0, 0.1) is 0 Å². The van der Waals surface area contributed by atoms with Crippen molar-refractivity contribution in [3.63, 3.8) is 0 Å². The van der Waals surface area contributed by atoms with E-state index >= 15 is 0 Å². The largest absolute Gasteiger partial charge is 0.373 e. The van der Waals surface area contributed by atoms with Crippen LogP contribution in [0.25, 0.3) is 0 Å². The van der Waals surface area contributed by atoms with Gasteiger partial charge in [0.1, 0.15) is 0 Å². The number of hydrogen-bond acceptors (Lipinski definition) is 4. The van der Waals surface area contributed by atoms with E-state index in [9.17, 15) is 8.42 Å². The summed E-state index contributed by atoms with van der Waals surface area (Å²) in [5.74, 6) is 0.0463. The van der Waals surface area contributed by atoms with Crippen LogP contribution in [0.5, 0.6) is 0 Å². The molecular weight excluding hydrogens is 359 g/mol. The van der Waals surface area contributed by atoms with Gasteiger partial charge in [-0.2, -0.15) is 4.31 Å². The van der Waals surface area contributed by atoms with Crippen LogP contribution in [0.15, 0.2) is 18.2 Å². The van der Waals surface area contributed by atoms with Crippen LogP contribution in [0.3, 0.4) is 0 Å². The molecule has 23 heavy (non-hydrogen) atoms. The van der Waals surface area contributed by atoms with E-state index in [-0.39, 0.29) is 18.0 Å². The van der Waals surface area contributed by atoms with Crippen molar-refractivity contribution < 1.29 is 13.2 Å². The Balaban J connectivity index is 1.84. The number of ether oxygens (including phenoxy) is 1. The van der Waals surface area contributed by atoms with Gasteiger partial charge in [0.25, 0.3) is 0 Å². The summed E-state index contributed by atoms with van der Waals surface area (Å²) in [5.41, 5.74) is 0.852. The molecule has 1 heterocycles. The normalized spacial score (nSPS) is 23.1. The number of benzene rings is 1. The van der Waals surface area contributed by atoms with Crippen molar-refractivity contribution >= 4 is 33.2 Å². The quantitative estimate of drug-likeness (QED) is 0.770. The zero-order valence-corrected chi connectivity index (χ0v) is 15.6. The Morgan fingerprint density at radius 1 is 1.26 bits per heavy atom. The average molecular weight is 381 g/mol. The van der Waals surface area contributed by atoms with Crippen molar-refractivity contribution in [1.82, 2.24) is 9.62 Å². The van der Waals surface area contributed by atoms with E-state index < -0.39 is 10.0 Å². The second kappa shape index (κ2) is 8.14. The molecule has 8 heteroatoms. The lowest BCUT2D eigenvalue weighted by molar-refractivity contribution is -0.0440. The first-order valence-electron chi connectivity index (χ1n) is 7.56. The summed E-state index contributed by atoms with van der Waals surface area (Å²) in [6, 6.07) is 5.40. The van der Waals surface area contributed by atoms with Crippen LogP contribution in [-0.4, -0.2) is 50.3 Å². The molecule has 0 bridgehead atoms. The van der Waals surface area contributed by atoms with Gasteiger partial charge >= 0.3 is 0 Å². The van der Waals surface area contributed by atoms with Gasteiger partial charge in [-0.3, -0.25) is 0 Å². The summed E-state index contributed by atoms with van der Waals surface area (Å²) >= 11 is 12.1. The molecule has 0 spiro atoms. The molecule has 2 atom stereocenters. The Morgan fingerprint density at radius 2 is 1.91 bits per heavy atom. The highest BCUT2D eigenvalue weighted by atomic mass is 35.5. The Hall–Kier alpha value is -0.370. The highest BCUT2D eigenvalue weighted by Gasteiger charge is 2.30. The fourth-order valence-corrected chi connectivity index (χ4v) is 4.52. The lowest BCUT2D eigenvalue weighted by atomic mass is 10.2. The molecule has 2 rings (SSSR count). The van der Waals surface area contributed by atoms with Gasteiger partial charge in [0.2, 0.25) is 10.0 Å². The molecule has 0 saturated carbocycles. The Kier molecular flexibility index (Phi) is 6.71. The molecule has 2 unspecified atom stereocenters. The fraction of sp³-hybridized carbons (Fsp3) is 0.600. The lowest BCUT2D eigenvalue weighted by Crippen LogP contribution is -2.49. The molecule has 130 valence electrons. The van der Waals surface area contributed by atoms with Crippen molar-refractivity contribution in [2.75, 3.05) is 25.4 Å². The second-order valence-electron chi connectivity index (χ2n) is 5.78. The smallest absolute Gasteiger partial charge is 0.215 e. The molecular formula is C15H22Cl2N2O3S. The van der Waals surface area contributed by atoms with Crippen molar-refractivity contribution in [1.29, 1.82) is 0 Å². The molecule has 1 saturated heterocycles. The van der Waals surface area contributed by atoms with Gasteiger partial charge < -0.3 is 10.1 Å². The third-order valence-electron chi connectivity index (χ3n) is 3.66. The lowest BCUT2D eigenvalue weighted by Gasteiger charge is -2.34. The van der Waals surface area contributed by atoms with Crippen LogP contribution < -0.4 is 5.32 Å². The summed E-state index contributed by atoms with van der Waals surface area (Å²) in [4.78, 5) is 0. The van der Waals surface area contributed by atoms with Crippen LogP contribution in [0.2, 0.25) is 10.0 Å². The van der Waals surface area contributed by atoms with Gasteiger partial charge in [-0.25, -0.2) is 8.42 Å². The fourth-order valence-electron chi connectivity index (χ4n) is 2.60. The first-order chi connectivity index (χ1) is 10.8. The molecule has 0 aromatic heterocycles.